The molecule has 0 spiro atoms. The fraction of sp³-hybridized carbons (Fsp3) is 0.667. The van der Waals surface area contributed by atoms with Crippen LogP contribution in [0.1, 0.15) is 64.2 Å². The second-order valence-electron chi connectivity index (χ2n) is 6.26. The first-order chi connectivity index (χ1) is 9.93. The minimum Gasteiger partial charge on any atom is -0.473 e. The Bertz CT molecular complexity index is 362. The molecule has 3 rings (SSSR count). The van der Waals surface area contributed by atoms with E-state index in [2.05, 4.69) is 18.2 Å². The fourth-order valence-corrected chi connectivity index (χ4v) is 6.65. The zero-order chi connectivity index (χ0) is 13.6. The molecule has 0 heterocycles. The Morgan fingerprint density at radius 3 is 1.95 bits per heavy atom. The molecule has 0 aromatic heterocycles. The Kier molecular flexibility index (Phi) is 5.36. The van der Waals surface area contributed by atoms with Crippen molar-refractivity contribution in [3.8, 4) is 5.75 Å². The number of hydrogen-bond donors (Lipinski definition) is 0. The highest BCUT2D eigenvalue weighted by atomic mass is 31.1. The van der Waals surface area contributed by atoms with Gasteiger partial charge in [-0.3, -0.25) is 0 Å². The molecule has 1 radical (unpaired) electrons. The Morgan fingerprint density at radius 1 is 0.850 bits per heavy atom. The van der Waals surface area contributed by atoms with E-state index in [4.69, 9.17) is 4.52 Å². The highest BCUT2D eigenvalue weighted by molar-refractivity contribution is 7.54. The molecule has 109 valence electrons. The van der Waals surface area contributed by atoms with Crippen LogP contribution in [0.3, 0.4) is 0 Å². The molecule has 2 fully saturated rings. The SMILES string of the molecule is [c]1ccccc1OP(C1CCCCC1)C1CCCCC1. The summed E-state index contributed by atoms with van der Waals surface area (Å²) in [6, 6.07) is 11.4. The first-order valence-electron chi connectivity index (χ1n) is 8.36. The van der Waals surface area contributed by atoms with E-state index in [9.17, 15) is 0 Å². The van der Waals surface area contributed by atoms with Gasteiger partial charge in [0, 0.05) is 17.4 Å². The monoisotopic (exact) mass is 289 g/mol. The first kappa shape index (κ1) is 14.4. The van der Waals surface area contributed by atoms with Gasteiger partial charge in [0.05, 0.1) is 8.15 Å². The Hall–Kier alpha value is -0.550. The summed E-state index contributed by atoms with van der Waals surface area (Å²) in [6.45, 7) is 0. The molecule has 20 heavy (non-hydrogen) atoms. The van der Waals surface area contributed by atoms with Crippen LogP contribution in [-0.4, -0.2) is 11.3 Å². The van der Waals surface area contributed by atoms with Crippen molar-refractivity contribution in [3.05, 3.63) is 30.3 Å². The van der Waals surface area contributed by atoms with Crippen LogP contribution >= 0.6 is 8.15 Å². The van der Waals surface area contributed by atoms with Gasteiger partial charge in [-0.1, -0.05) is 56.7 Å². The normalized spacial score (nSPS) is 22.1. The summed E-state index contributed by atoms with van der Waals surface area (Å²) in [6.07, 6.45) is 14.1. The van der Waals surface area contributed by atoms with Crippen molar-refractivity contribution in [3.63, 3.8) is 0 Å². The zero-order valence-corrected chi connectivity index (χ0v) is 13.3. The third-order valence-electron chi connectivity index (χ3n) is 4.75. The maximum Gasteiger partial charge on any atom is 0.131 e. The van der Waals surface area contributed by atoms with E-state index in [1.165, 1.54) is 64.2 Å². The third-order valence-corrected chi connectivity index (χ3v) is 7.63. The van der Waals surface area contributed by atoms with Crippen molar-refractivity contribution in [2.75, 3.05) is 0 Å². The molecule has 2 aliphatic carbocycles. The Labute approximate surface area is 124 Å². The summed E-state index contributed by atoms with van der Waals surface area (Å²) in [4.78, 5) is 0. The summed E-state index contributed by atoms with van der Waals surface area (Å²) >= 11 is 0. The van der Waals surface area contributed by atoms with Gasteiger partial charge in [-0.2, -0.15) is 0 Å². The van der Waals surface area contributed by atoms with E-state index >= 15 is 0 Å². The van der Waals surface area contributed by atoms with Gasteiger partial charge in [0.2, 0.25) is 0 Å². The van der Waals surface area contributed by atoms with Gasteiger partial charge in [-0.15, -0.1) is 0 Å². The van der Waals surface area contributed by atoms with Gasteiger partial charge in [-0.05, 0) is 31.7 Å². The average molecular weight is 289 g/mol. The van der Waals surface area contributed by atoms with Crippen molar-refractivity contribution < 1.29 is 4.52 Å². The van der Waals surface area contributed by atoms with Crippen molar-refractivity contribution in [1.82, 2.24) is 0 Å². The van der Waals surface area contributed by atoms with E-state index in [1.807, 2.05) is 12.1 Å². The van der Waals surface area contributed by atoms with Gasteiger partial charge in [0.15, 0.2) is 0 Å². The minimum absolute atomic E-state index is 0.305. The first-order valence-corrected chi connectivity index (χ1v) is 9.76. The van der Waals surface area contributed by atoms with E-state index in [0.717, 1.165) is 17.1 Å². The average Bonchev–Trinajstić information content (AvgIpc) is 2.55. The molecule has 0 aliphatic heterocycles. The highest BCUT2D eigenvalue weighted by Crippen LogP contribution is 2.56. The molecule has 0 N–H and O–H groups in total. The smallest absolute Gasteiger partial charge is 0.131 e. The lowest BCUT2D eigenvalue weighted by molar-refractivity contribution is 0.449. The predicted octanol–water partition coefficient (Wildman–Crippen LogP) is 5.93. The molecular formula is C18H26OP. The van der Waals surface area contributed by atoms with Crippen LogP contribution in [0, 0.1) is 6.07 Å². The molecule has 2 aliphatic rings. The Balaban J connectivity index is 1.71. The number of rotatable bonds is 4. The molecule has 0 atom stereocenters. The van der Waals surface area contributed by atoms with Gasteiger partial charge in [0.25, 0.3) is 0 Å². The molecule has 0 unspecified atom stereocenters. The molecule has 0 bridgehead atoms. The van der Waals surface area contributed by atoms with Crippen LogP contribution < -0.4 is 4.52 Å². The van der Waals surface area contributed by atoms with Crippen molar-refractivity contribution in [2.24, 2.45) is 0 Å². The van der Waals surface area contributed by atoms with Gasteiger partial charge in [-0.25, -0.2) is 0 Å². The van der Waals surface area contributed by atoms with Crippen LogP contribution in [0.25, 0.3) is 0 Å². The quantitative estimate of drug-likeness (QED) is 0.624. The topological polar surface area (TPSA) is 9.23 Å². The zero-order valence-electron chi connectivity index (χ0n) is 12.4. The highest BCUT2D eigenvalue weighted by Gasteiger charge is 2.33. The molecule has 1 aromatic carbocycles. The molecule has 0 saturated heterocycles. The standard InChI is InChI=1S/C18H26OP/c1-4-10-16(11-5-1)19-20(17-12-6-2-7-13-17)18-14-8-3-9-15-18/h1,4-5,10,17-18H,2-3,6-9,12-15H2. The Morgan fingerprint density at radius 2 is 1.45 bits per heavy atom. The van der Waals surface area contributed by atoms with Crippen LogP contribution in [0.15, 0.2) is 24.3 Å². The molecular weight excluding hydrogens is 263 g/mol. The van der Waals surface area contributed by atoms with Crippen molar-refractivity contribution >= 4 is 8.15 Å². The van der Waals surface area contributed by atoms with Crippen molar-refractivity contribution in [2.45, 2.75) is 75.5 Å². The fourth-order valence-electron chi connectivity index (χ4n) is 3.67. The lowest BCUT2D eigenvalue weighted by atomic mass is 10.00. The van der Waals surface area contributed by atoms with E-state index < -0.39 is 0 Å². The van der Waals surface area contributed by atoms with Crippen LogP contribution in [0.2, 0.25) is 0 Å². The number of hydrogen-bond acceptors (Lipinski definition) is 1. The summed E-state index contributed by atoms with van der Waals surface area (Å²) < 4.78 is 6.50. The lowest BCUT2D eigenvalue weighted by Gasteiger charge is -2.37. The second-order valence-corrected chi connectivity index (χ2v) is 8.62. The summed E-state index contributed by atoms with van der Waals surface area (Å²) in [5.74, 6) is 0.981. The van der Waals surface area contributed by atoms with Crippen LogP contribution in [0.5, 0.6) is 5.75 Å². The third kappa shape index (κ3) is 3.76. The number of para-hydroxylation sites is 1. The van der Waals surface area contributed by atoms with E-state index in [-0.39, 0.29) is 8.15 Å². The largest absolute Gasteiger partial charge is 0.473 e. The maximum absolute atomic E-state index is 6.50. The van der Waals surface area contributed by atoms with E-state index in [0.29, 0.717) is 0 Å². The maximum atomic E-state index is 6.50. The second kappa shape index (κ2) is 7.46. The predicted molar refractivity (Wildman–Crippen MR) is 86.6 cm³/mol. The molecule has 0 amide bonds. The summed E-state index contributed by atoms with van der Waals surface area (Å²) in [5.41, 5.74) is 1.69. The van der Waals surface area contributed by atoms with Crippen LogP contribution in [0.4, 0.5) is 0 Å². The lowest BCUT2D eigenvalue weighted by Crippen LogP contribution is -2.23. The van der Waals surface area contributed by atoms with E-state index in [1.54, 1.807) is 0 Å². The molecule has 1 nitrogen and oxygen atoms in total. The summed E-state index contributed by atoms with van der Waals surface area (Å²) in [5, 5.41) is 0. The van der Waals surface area contributed by atoms with Gasteiger partial charge in [0.1, 0.15) is 5.75 Å². The molecule has 1 aromatic rings. The molecule has 2 saturated carbocycles. The van der Waals surface area contributed by atoms with Crippen molar-refractivity contribution in [1.29, 1.82) is 0 Å². The molecule has 2 heteroatoms. The van der Waals surface area contributed by atoms with Crippen LogP contribution in [-0.2, 0) is 0 Å². The van der Waals surface area contributed by atoms with Gasteiger partial charge < -0.3 is 4.52 Å². The minimum atomic E-state index is -0.305. The van der Waals surface area contributed by atoms with Gasteiger partial charge >= 0.3 is 0 Å². The number of benzene rings is 1. The summed E-state index contributed by atoms with van der Waals surface area (Å²) in [7, 11) is -0.305.